The molecule has 1 N–H and O–H groups in total. The molecular formula is C14H19BrN2O. The van der Waals surface area contributed by atoms with Crippen LogP contribution in [0.3, 0.4) is 0 Å². The maximum absolute atomic E-state index is 11.7. The molecule has 1 aromatic carbocycles. The van der Waals surface area contributed by atoms with Crippen molar-refractivity contribution in [3.63, 3.8) is 0 Å². The average molecular weight is 311 g/mol. The molecule has 1 aromatic rings. The van der Waals surface area contributed by atoms with Crippen molar-refractivity contribution in [3.8, 4) is 0 Å². The first-order chi connectivity index (χ1) is 8.74. The van der Waals surface area contributed by atoms with Crippen LogP contribution in [-0.4, -0.2) is 12.1 Å². The van der Waals surface area contributed by atoms with E-state index in [0.29, 0.717) is 5.56 Å². The van der Waals surface area contributed by atoms with Crippen LogP contribution >= 0.6 is 15.9 Å². The van der Waals surface area contributed by atoms with Crippen LogP contribution in [0.4, 0.5) is 0 Å². The van der Waals surface area contributed by atoms with E-state index in [9.17, 15) is 4.79 Å². The Morgan fingerprint density at radius 2 is 2.22 bits per heavy atom. The highest BCUT2D eigenvalue weighted by Gasteiger charge is 2.03. The monoisotopic (exact) mass is 310 g/mol. The van der Waals surface area contributed by atoms with Gasteiger partial charge in [0.1, 0.15) is 0 Å². The fourth-order valence-corrected chi connectivity index (χ4v) is 1.92. The summed E-state index contributed by atoms with van der Waals surface area (Å²) in [6.45, 7) is 2.19. The quantitative estimate of drug-likeness (QED) is 0.459. The molecule has 0 bridgehead atoms. The first-order valence-electron chi connectivity index (χ1n) is 6.31. The van der Waals surface area contributed by atoms with Crippen LogP contribution in [0.1, 0.15) is 49.4 Å². The van der Waals surface area contributed by atoms with E-state index in [0.717, 1.165) is 17.3 Å². The number of hydrogen-bond acceptors (Lipinski definition) is 2. The summed E-state index contributed by atoms with van der Waals surface area (Å²) in [5.74, 6) is -0.180. The minimum absolute atomic E-state index is 0.180. The molecule has 0 saturated carbocycles. The van der Waals surface area contributed by atoms with Crippen LogP contribution in [-0.2, 0) is 0 Å². The lowest BCUT2D eigenvalue weighted by atomic mass is 10.2. The molecule has 0 aliphatic rings. The first-order valence-corrected chi connectivity index (χ1v) is 7.10. The van der Waals surface area contributed by atoms with E-state index in [1.54, 1.807) is 18.3 Å². The molecule has 0 unspecified atom stereocenters. The van der Waals surface area contributed by atoms with Gasteiger partial charge in [-0.15, -0.1) is 0 Å². The number of nitrogens with one attached hydrogen (secondary N) is 1. The zero-order valence-corrected chi connectivity index (χ0v) is 12.2. The Bertz CT molecular complexity index is 405. The van der Waals surface area contributed by atoms with Crippen molar-refractivity contribution in [2.75, 3.05) is 0 Å². The topological polar surface area (TPSA) is 41.5 Å². The average Bonchev–Trinajstić information content (AvgIpc) is 2.37. The van der Waals surface area contributed by atoms with Gasteiger partial charge in [0.25, 0.3) is 5.91 Å². The second kappa shape index (κ2) is 8.86. The maximum atomic E-state index is 11.7. The van der Waals surface area contributed by atoms with Gasteiger partial charge in [0, 0.05) is 16.3 Å². The van der Waals surface area contributed by atoms with Gasteiger partial charge in [0.15, 0.2) is 0 Å². The van der Waals surface area contributed by atoms with Gasteiger partial charge in [-0.2, -0.15) is 5.10 Å². The Kier molecular flexibility index (Phi) is 7.34. The van der Waals surface area contributed by atoms with Gasteiger partial charge in [-0.25, -0.2) is 5.43 Å². The van der Waals surface area contributed by atoms with E-state index < -0.39 is 0 Å². The Morgan fingerprint density at radius 3 is 2.94 bits per heavy atom. The molecule has 0 aliphatic heterocycles. The SMILES string of the molecule is CCCCCC/C=N/NC(=O)c1cccc(Br)c1. The predicted molar refractivity (Wildman–Crippen MR) is 78.9 cm³/mol. The lowest BCUT2D eigenvalue weighted by Crippen LogP contribution is -2.17. The van der Waals surface area contributed by atoms with Crippen molar-refractivity contribution in [1.82, 2.24) is 5.43 Å². The molecule has 0 radical (unpaired) electrons. The van der Waals surface area contributed by atoms with Gasteiger partial charge >= 0.3 is 0 Å². The molecular weight excluding hydrogens is 292 g/mol. The summed E-state index contributed by atoms with van der Waals surface area (Å²) in [5, 5.41) is 3.94. The van der Waals surface area contributed by atoms with Crippen LogP contribution in [0.2, 0.25) is 0 Å². The van der Waals surface area contributed by atoms with Crippen molar-refractivity contribution in [1.29, 1.82) is 0 Å². The van der Waals surface area contributed by atoms with Gasteiger partial charge in [0.2, 0.25) is 0 Å². The molecule has 98 valence electrons. The number of rotatable bonds is 7. The van der Waals surface area contributed by atoms with Gasteiger partial charge in [-0.3, -0.25) is 4.79 Å². The number of hydrogen-bond donors (Lipinski definition) is 1. The van der Waals surface area contributed by atoms with E-state index in [1.165, 1.54) is 19.3 Å². The summed E-state index contributed by atoms with van der Waals surface area (Å²) in [5.41, 5.74) is 3.13. The maximum Gasteiger partial charge on any atom is 0.271 e. The van der Waals surface area contributed by atoms with E-state index in [2.05, 4.69) is 33.4 Å². The molecule has 4 heteroatoms. The zero-order chi connectivity index (χ0) is 13.2. The van der Waals surface area contributed by atoms with Gasteiger partial charge in [0.05, 0.1) is 0 Å². The van der Waals surface area contributed by atoms with E-state index in [1.807, 2.05) is 12.1 Å². The molecule has 0 aromatic heterocycles. The fourth-order valence-electron chi connectivity index (χ4n) is 1.53. The minimum atomic E-state index is -0.180. The summed E-state index contributed by atoms with van der Waals surface area (Å²) in [6.07, 6.45) is 7.53. The Balaban J connectivity index is 2.26. The second-order valence-corrected chi connectivity index (χ2v) is 5.03. The molecule has 1 amide bonds. The number of unbranched alkanes of at least 4 members (excludes halogenated alkanes) is 4. The van der Waals surface area contributed by atoms with Gasteiger partial charge in [-0.1, -0.05) is 48.2 Å². The molecule has 0 aliphatic carbocycles. The first kappa shape index (κ1) is 14.9. The molecule has 0 saturated heterocycles. The molecule has 0 heterocycles. The highest BCUT2D eigenvalue weighted by molar-refractivity contribution is 9.10. The summed E-state index contributed by atoms with van der Waals surface area (Å²) in [6, 6.07) is 7.24. The van der Waals surface area contributed by atoms with Crippen LogP contribution in [0.25, 0.3) is 0 Å². The molecule has 1 rings (SSSR count). The van der Waals surface area contributed by atoms with E-state index >= 15 is 0 Å². The Labute approximate surface area is 117 Å². The number of hydrazone groups is 1. The third-order valence-electron chi connectivity index (χ3n) is 2.53. The highest BCUT2D eigenvalue weighted by atomic mass is 79.9. The molecule has 0 spiro atoms. The summed E-state index contributed by atoms with van der Waals surface area (Å²) in [7, 11) is 0. The van der Waals surface area contributed by atoms with E-state index in [-0.39, 0.29) is 5.91 Å². The fraction of sp³-hybridized carbons (Fsp3) is 0.429. The molecule has 0 fully saturated rings. The Morgan fingerprint density at radius 1 is 1.39 bits per heavy atom. The van der Waals surface area contributed by atoms with Crippen LogP contribution in [0.5, 0.6) is 0 Å². The molecule has 3 nitrogen and oxygen atoms in total. The number of carbonyl (C=O) groups excluding carboxylic acids is 1. The molecule has 18 heavy (non-hydrogen) atoms. The number of nitrogens with zero attached hydrogens (tertiary/aromatic N) is 1. The Hall–Kier alpha value is -1.16. The summed E-state index contributed by atoms with van der Waals surface area (Å²) in [4.78, 5) is 11.7. The van der Waals surface area contributed by atoms with E-state index in [4.69, 9.17) is 0 Å². The number of amides is 1. The third-order valence-corrected chi connectivity index (χ3v) is 3.02. The van der Waals surface area contributed by atoms with Crippen molar-refractivity contribution in [2.24, 2.45) is 5.10 Å². The van der Waals surface area contributed by atoms with Crippen LogP contribution < -0.4 is 5.43 Å². The number of benzene rings is 1. The standard InChI is InChI=1S/C14H19BrN2O/c1-2-3-4-5-6-10-16-17-14(18)12-8-7-9-13(15)11-12/h7-11H,2-6H2,1H3,(H,17,18)/b16-10+. The van der Waals surface area contributed by atoms with Crippen molar-refractivity contribution >= 4 is 28.1 Å². The highest BCUT2D eigenvalue weighted by Crippen LogP contribution is 2.11. The van der Waals surface area contributed by atoms with Crippen LogP contribution in [0, 0.1) is 0 Å². The predicted octanol–water partition coefficient (Wildman–Crippen LogP) is 4.14. The van der Waals surface area contributed by atoms with Crippen molar-refractivity contribution < 1.29 is 4.79 Å². The summed E-state index contributed by atoms with van der Waals surface area (Å²) < 4.78 is 0.888. The number of halogens is 1. The zero-order valence-electron chi connectivity index (χ0n) is 10.7. The largest absolute Gasteiger partial charge is 0.271 e. The normalized spacial score (nSPS) is 10.8. The van der Waals surface area contributed by atoms with Crippen molar-refractivity contribution in [2.45, 2.75) is 39.0 Å². The van der Waals surface area contributed by atoms with Crippen LogP contribution in [0.15, 0.2) is 33.8 Å². The lowest BCUT2D eigenvalue weighted by molar-refractivity contribution is 0.0955. The molecule has 0 atom stereocenters. The van der Waals surface area contributed by atoms with Gasteiger partial charge in [-0.05, 0) is 31.0 Å². The second-order valence-electron chi connectivity index (χ2n) is 4.11. The summed E-state index contributed by atoms with van der Waals surface area (Å²) >= 11 is 3.33. The van der Waals surface area contributed by atoms with Gasteiger partial charge < -0.3 is 0 Å². The van der Waals surface area contributed by atoms with Crippen molar-refractivity contribution in [3.05, 3.63) is 34.3 Å². The lowest BCUT2D eigenvalue weighted by Gasteiger charge is -2.00. The minimum Gasteiger partial charge on any atom is -0.267 e. The smallest absolute Gasteiger partial charge is 0.267 e. The number of carbonyl (C=O) groups is 1. The third kappa shape index (κ3) is 5.96.